The molecular formula is C16H30N2. The third-order valence-electron chi connectivity index (χ3n) is 5.08. The van der Waals surface area contributed by atoms with Crippen molar-refractivity contribution in [2.24, 2.45) is 5.41 Å². The molecular weight excluding hydrogens is 220 g/mol. The lowest BCUT2D eigenvalue weighted by molar-refractivity contribution is 0.0189. The van der Waals surface area contributed by atoms with Crippen LogP contribution in [0.1, 0.15) is 52.9 Å². The van der Waals surface area contributed by atoms with Crippen LogP contribution in [0.3, 0.4) is 0 Å². The summed E-state index contributed by atoms with van der Waals surface area (Å²) in [4.78, 5) is 2.69. The van der Waals surface area contributed by atoms with Crippen molar-refractivity contribution < 1.29 is 0 Å². The molecule has 2 heteroatoms. The van der Waals surface area contributed by atoms with Crippen LogP contribution in [0, 0.1) is 5.41 Å². The van der Waals surface area contributed by atoms with Crippen molar-refractivity contribution >= 4 is 0 Å². The zero-order chi connectivity index (χ0) is 13.2. The molecule has 0 bridgehead atoms. The lowest BCUT2D eigenvalue weighted by Gasteiger charge is -2.49. The van der Waals surface area contributed by atoms with Gasteiger partial charge in [0.25, 0.3) is 0 Å². The summed E-state index contributed by atoms with van der Waals surface area (Å²) in [5.74, 6) is 0. The van der Waals surface area contributed by atoms with E-state index in [2.05, 4.69) is 37.6 Å². The summed E-state index contributed by atoms with van der Waals surface area (Å²) in [5, 5.41) is 3.50. The quantitative estimate of drug-likeness (QED) is 0.774. The molecule has 0 radical (unpaired) electrons. The van der Waals surface area contributed by atoms with E-state index in [4.69, 9.17) is 0 Å². The molecule has 0 amide bonds. The predicted octanol–water partition coefficient (Wildman–Crippen LogP) is 3.20. The average molecular weight is 250 g/mol. The number of likely N-dealkylation sites (tertiary alicyclic amines) is 1. The van der Waals surface area contributed by atoms with Gasteiger partial charge in [-0.05, 0) is 84.5 Å². The fourth-order valence-electron chi connectivity index (χ4n) is 3.89. The van der Waals surface area contributed by atoms with Gasteiger partial charge in [-0.15, -0.1) is 6.58 Å². The van der Waals surface area contributed by atoms with Gasteiger partial charge in [-0.2, -0.15) is 0 Å². The van der Waals surface area contributed by atoms with Crippen LogP contribution in [0.5, 0.6) is 0 Å². The summed E-state index contributed by atoms with van der Waals surface area (Å²) in [6.45, 7) is 16.0. The Kier molecular flexibility index (Phi) is 4.18. The normalized spacial score (nSPS) is 25.3. The van der Waals surface area contributed by atoms with Crippen molar-refractivity contribution in [1.82, 2.24) is 10.2 Å². The number of piperidine rings is 2. The maximum Gasteiger partial charge on any atom is 0.0190 e. The van der Waals surface area contributed by atoms with Gasteiger partial charge in [0.2, 0.25) is 0 Å². The summed E-state index contributed by atoms with van der Waals surface area (Å²) in [6.07, 6.45) is 6.70. The number of nitrogens with one attached hydrogen (secondary N) is 1. The van der Waals surface area contributed by atoms with Crippen LogP contribution in [-0.4, -0.2) is 36.6 Å². The van der Waals surface area contributed by atoms with Crippen molar-refractivity contribution in [3.8, 4) is 0 Å². The predicted molar refractivity (Wildman–Crippen MR) is 78.9 cm³/mol. The Bertz CT molecular complexity index is 290. The highest BCUT2D eigenvalue weighted by Gasteiger charge is 2.39. The zero-order valence-electron chi connectivity index (χ0n) is 12.5. The first-order valence-electron chi connectivity index (χ1n) is 7.54. The maximum atomic E-state index is 4.08. The SMILES string of the molecule is C=C(C)CC(C)(C)N1CCC2(CCNCC2)CC1. The van der Waals surface area contributed by atoms with Crippen LogP contribution in [0.4, 0.5) is 0 Å². The molecule has 0 atom stereocenters. The standard InChI is InChI=1S/C16H30N2/c1-14(2)13-15(3,4)18-11-7-16(8-12-18)5-9-17-10-6-16/h17H,1,5-13H2,2-4H3. The fourth-order valence-corrected chi connectivity index (χ4v) is 3.89. The Balaban J connectivity index is 1.91. The van der Waals surface area contributed by atoms with Gasteiger partial charge in [-0.25, -0.2) is 0 Å². The molecule has 2 aliphatic rings. The number of hydrogen-bond acceptors (Lipinski definition) is 2. The molecule has 2 aliphatic heterocycles. The van der Waals surface area contributed by atoms with E-state index in [0.717, 1.165) is 6.42 Å². The van der Waals surface area contributed by atoms with Crippen LogP contribution in [0.25, 0.3) is 0 Å². The minimum Gasteiger partial charge on any atom is -0.317 e. The first-order chi connectivity index (χ1) is 8.44. The van der Waals surface area contributed by atoms with Crippen LogP contribution >= 0.6 is 0 Å². The van der Waals surface area contributed by atoms with E-state index in [1.807, 2.05) is 0 Å². The first-order valence-corrected chi connectivity index (χ1v) is 7.54. The lowest BCUT2D eigenvalue weighted by Crippen LogP contribution is -2.52. The molecule has 2 saturated heterocycles. The Morgan fingerprint density at radius 1 is 1.17 bits per heavy atom. The molecule has 0 aromatic carbocycles. The molecule has 2 heterocycles. The highest BCUT2D eigenvalue weighted by molar-refractivity contribution is 5.01. The minimum absolute atomic E-state index is 0.292. The molecule has 2 nitrogen and oxygen atoms in total. The lowest BCUT2D eigenvalue weighted by atomic mass is 9.71. The Labute approximate surface area is 113 Å². The van der Waals surface area contributed by atoms with Gasteiger partial charge in [0.15, 0.2) is 0 Å². The van der Waals surface area contributed by atoms with Crippen LogP contribution < -0.4 is 5.32 Å². The van der Waals surface area contributed by atoms with Crippen molar-refractivity contribution in [2.75, 3.05) is 26.2 Å². The Hall–Kier alpha value is -0.340. The molecule has 2 fully saturated rings. The topological polar surface area (TPSA) is 15.3 Å². The number of hydrogen-bond donors (Lipinski definition) is 1. The monoisotopic (exact) mass is 250 g/mol. The van der Waals surface area contributed by atoms with Crippen LogP contribution in [0.15, 0.2) is 12.2 Å². The van der Waals surface area contributed by atoms with Crippen LogP contribution in [0.2, 0.25) is 0 Å². The average Bonchev–Trinajstić information content (AvgIpc) is 2.29. The van der Waals surface area contributed by atoms with E-state index in [1.54, 1.807) is 0 Å². The van der Waals surface area contributed by atoms with Gasteiger partial charge >= 0.3 is 0 Å². The van der Waals surface area contributed by atoms with Crippen molar-refractivity contribution in [1.29, 1.82) is 0 Å². The van der Waals surface area contributed by atoms with Crippen molar-refractivity contribution in [2.45, 2.75) is 58.4 Å². The molecule has 0 saturated carbocycles. The van der Waals surface area contributed by atoms with E-state index in [-0.39, 0.29) is 0 Å². The third-order valence-corrected chi connectivity index (χ3v) is 5.08. The summed E-state index contributed by atoms with van der Waals surface area (Å²) in [6, 6.07) is 0. The van der Waals surface area contributed by atoms with Gasteiger partial charge < -0.3 is 5.32 Å². The van der Waals surface area contributed by atoms with Crippen molar-refractivity contribution in [3.05, 3.63) is 12.2 Å². The highest BCUT2D eigenvalue weighted by Crippen LogP contribution is 2.41. The van der Waals surface area contributed by atoms with E-state index < -0.39 is 0 Å². The van der Waals surface area contributed by atoms with Gasteiger partial charge in [-0.1, -0.05) is 5.57 Å². The van der Waals surface area contributed by atoms with E-state index >= 15 is 0 Å². The molecule has 18 heavy (non-hydrogen) atoms. The summed E-state index contributed by atoms with van der Waals surface area (Å²) < 4.78 is 0. The summed E-state index contributed by atoms with van der Waals surface area (Å²) >= 11 is 0. The molecule has 1 spiro atoms. The van der Waals surface area contributed by atoms with Gasteiger partial charge in [0, 0.05) is 5.54 Å². The third kappa shape index (κ3) is 3.16. The van der Waals surface area contributed by atoms with Crippen LogP contribution in [-0.2, 0) is 0 Å². The van der Waals surface area contributed by atoms with E-state index in [9.17, 15) is 0 Å². The molecule has 2 rings (SSSR count). The molecule has 0 aliphatic carbocycles. The second kappa shape index (κ2) is 5.34. The fraction of sp³-hybridized carbons (Fsp3) is 0.875. The Morgan fingerprint density at radius 3 is 2.22 bits per heavy atom. The van der Waals surface area contributed by atoms with Gasteiger partial charge in [0.1, 0.15) is 0 Å². The Morgan fingerprint density at radius 2 is 1.72 bits per heavy atom. The molecule has 1 N–H and O–H groups in total. The van der Waals surface area contributed by atoms with Crippen molar-refractivity contribution in [3.63, 3.8) is 0 Å². The summed E-state index contributed by atoms with van der Waals surface area (Å²) in [5.41, 5.74) is 2.27. The first kappa shape index (κ1) is 14.1. The van der Waals surface area contributed by atoms with E-state index in [1.165, 1.54) is 57.4 Å². The summed E-state index contributed by atoms with van der Waals surface area (Å²) in [7, 11) is 0. The minimum atomic E-state index is 0.292. The van der Waals surface area contributed by atoms with Gasteiger partial charge in [-0.3, -0.25) is 4.90 Å². The highest BCUT2D eigenvalue weighted by atomic mass is 15.2. The second-order valence-corrected chi connectivity index (χ2v) is 7.18. The molecule has 0 aromatic heterocycles. The molecule has 104 valence electrons. The van der Waals surface area contributed by atoms with Gasteiger partial charge in [0.05, 0.1) is 0 Å². The number of nitrogens with zero attached hydrogens (tertiary/aromatic N) is 1. The largest absolute Gasteiger partial charge is 0.317 e. The molecule has 0 unspecified atom stereocenters. The molecule has 0 aromatic rings. The second-order valence-electron chi connectivity index (χ2n) is 7.18. The number of rotatable bonds is 3. The zero-order valence-corrected chi connectivity index (χ0v) is 12.5. The maximum absolute atomic E-state index is 4.08. The smallest absolute Gasteiger partial charge is 0.0190 e. The van der Waals surface area contributed by atoms with E-state index in [0.29, 0.717) is 11.0 Å².